The Morgan fingerprint density at radius 2 is 1.45 bits per heavy atom. The van der Waals surface area contributed by atoms with Crippen molar-refractivity contribution >= 4 is 18.4 Å². The zero-order valence-corrected chi connectivity index (χ0v) is 20.4. The van der Waals surface area contributed by atoms with Gasteiger partial charge in [0, 0.05) is 12.0 Å². The lowest BCUT2D eigenvalue weighted by molar-refractivity contribution is -0.132. The van der Waals surface area contributed by atoms with E-state index < -0.39 is 37.1 Å². The van der Waals surface area contributed by atoms with Gasteiger partial charge in [-0.3, -0.25) is 4.79 Å². The quantitative estimate of drug-likeness (QED) is 0.155. The number of hydrogen-bond donors (Lipinski definition) is 0. The molecule has 0 atom stereocenters. The highest BCUT2D eigenvalue weighted by Crippen LogP contribution is 2.37. The first-order valence-corrected chi connectivity index (χ1v) is 11.6. The van der Waals surface area contributed by atoms with Crippen molar-refractivity contribution in [3.63, 3.8) is 0 Å². The summed E-state index contributed by atoms with van der Waals surface area (Å²) in [5, 5.41) is 0. The normalized spacial score (nSPS) is 18.6. The highest BCUT2D eigenvalue weighted by atomic mass is 19.3. The van der Waals surface area contributed by atoms with Gasteiger partial charge in [-0.05, 0) is 58.0 Å². The van der Waals surface area contributed by atoms with Gasteiger partial charge in [0.05, 0.1) is 11.2 Å². The fraction of sp³-hybridized carbons (Fsp3) is 0.640. The Morgan fingerprint density at radius 1 is 0.939 bits per heavy atom. The Bertz CT molecular complexity index is 832. The second-order valence-electron chi connectivity index (χ2n) is 9.68. The Morgan fingerprint density at radius 3 is 1.91 bits per heavy atom. The molecule has 0 spiro atoms. The van der Waals surface area contributed by atoms with Crippen LogP contribution in [0.2, 0.25) is 0 Å². The van der Waals surface area contributed by atoms with Crippen LogP contribution in [0.25, 0.3) is 0 Å². The molecule has 33 heavy (non-hydrogen) atoms. The number of Topliss-reactive ketones (excluding diaryl/α,β-unsaturated/α-hetero) is 1. The minimum Gasteiger partial charge on any atom is -0.399 e. The lowest BCUT2D eigenvalue weighted by atomic mass is 9.78. The van der Waals surface area contributed by atoms with Gasteiger partial charge in [-0.2, -0.15) is 0 Å². The third-order valence-electron chi connectivity index (χ3n) is 6.53. The predicted molar refractivity (Wildman–Crippen MR) is 124 cm³/mol. The van der Waals surface area contributed by atoms with Gasteiger partial charge in [0.1, 0.15) is 0 Å². The lowest BCUT2D eigenvalue weighted by Crippen LogP contribution is -2.41. The van der Waals surface area contributed by atoms with E-state index in [0.717, 1.165) is 5.46 Å². The molecule has 1 aromatic carbocycles. The topological polar surface area (TPSA) is 35.5 Å². The van der Waals surface area contributed by atoms with Gasteiger partial charge in [0.2, 0.25) is 0 Å². The molecule has 3 nitrogen and oxygen atoms in total. The second kappa shape index (κ2) is 10.7. The number of alkyl halides is 4. The summed E-state index contributed by atoms with van der Waals surface area (Å²) in [6, 6.07) is 6.89. The van der Waals surface area contributed by atoms with Gasteiger partial charge in [-0.15, -0.1) is 0 Å². The van der Waals surface area contributed by atoms with Crippen molar-refractivity contribution in [2.24, 2.45) is 0 Å². The third-order valence-corrected chi connectivity index (χ3v) is 6.53. The van der Waals surface area contributed by atoms with Crippen LogP contribution in [0, 0.1) is 0 Å². The zero-order chi connectivity index (χ0) is 25.0. The monoisotopic (exact) mass is 470 g/mol. The Kier molecular flexibility index (Phi) is 8.96. The smallest absolute Gasteiger partial charge is 0.399 e. The minimum atomic E-state index is -4.07. The Hall–Kier alpha value is -1.67. The standard InChI is InChI=1S/C25H35BF4O3/c1-7-9-17(15-16-25(29,30)22(27)28)20(10-8-2)21(31)18-11-13-19(14-12-18)26-32-23(3,4)24(5,6)33-26/h11-14,22H,7-10,15-16H2,1-6H3/b20-17-. The summed E-state index contributed by atoms with van der Waals surface area (Å²) in [6.45, 7) is 11.6. The lowest BCUT2D eigenvalue weighted by Gasteiger charge is -2.32. The first-order valence-electron chi connectivity index (χ1n) is 11.6. The number of allylic oxidation sites excluding steroid dienone is 2. The van der Waals surface area contributed by atoms with E-state index in [1.54, 1.807) is 24.3 Å². The van der Waals surface area contributed by atoms with Crippen LogP contribution in [-0.2, 0) is 9.31 Å². The Balaban J connectivity index is 2.28. The minimum absolute atomic E-state index is 0.224. The molecule has 0 saturated carbocycles. The summed E-state index contributed by atoms with van der Waals surface area (Å²) in [4.78, 5) is 13.3. The Labute approximate surface area is 195 Å². The number of carbonyl (C=O) groups is 1. The number of hydrogen-bond acceptors (Lipinski definition) is 3. The van der Waals surface area contributed by atoms with Crippen molar-refractivity contribution in [1.82, 2.24) is 0 Å². The summed E-state index contributed by atoms with van der Waals surface area (Å²) < 4.78 is 64.4. The van der Waals surface area contributed by atoms with Crippen LogP contribution in [0.15, 0.2) is 35.4 Å². The van der Waals surface area contributed by atoms with Crippen LogP contribution in [-0.4, -0.2) is 36.5 Å². The fourth-order valence-corrected chi connectivity index (χ4v) is 3.80. The van der Waals surface area contributed by atoms with Crippen LogP contribution in [0.3, 0.4) is 0 Å². The van der Waals surface area contributed by atoms with E-state index in [-0.39, 0.29) is 12.2 Å². The molecule has 1 fully saturated rings. The van der Waals surface area contributed by atoms with Crippen molar-refractivity contribution in [3.8, 4) is 0 Å². The van der Waals surface area contributed by atoms with Crippen LogP contribution < -0.4 is 5.46 Å². The number of rotatable bonds is 11. The number of carbonyl (C=O) groups excluding carboxylic acids is 1. The molecular formula is C25H35BF4O3. The van der Waals surface area contributed by atoms with Crippen LogP contribution >= 0.6 is 0 Å². The summed E-state index contributed by atoms with van der Waals surface area (Å²) in [7, 11) is -0.558. The van der Waals surface area contributed by atoms with Crippen LogP contribution in [0.4, 0.5) is 17.6 Å². The maximum Gasteiger partial charge on any atom is 0.494 e. The molecule has 8 heteroatoms. The van der Waals surface area contributed by atoms with E-state index in [1.165, 1.54) is 0 Å². The molecule has 0 unspecified atom stereocenters. The van der Waals surface area contributed by atoms with Crippen molar-refractivity contribution in [3.05, 3.63) is 41.0 Å². The number of halogens is 4. The molecule has 0 radical (unpaired) electrons. The fourth-order valence-electron chi connectivity index (χ4n) is 3.80. The van der Waals surface area contributed by atoms with E-state index in [2.05, 4.69) is 0 Å². The van der Waals surface area contributed by atoms with Crippen LogP contribution in [0.1, 0.15) is 90.4 Å². The summed E-state index contributed by atoms with van der Waals surface area (Å²) in [5.74, 6) is -4.31. The average molecular weight is 470 g/mol. The van der Waals surface area contributed by atoms with Gasteiger partial charge >= 0.3 is 19.5 Å². The molecule has 1 saturated heterocycles. The molecule has 1 aliphatic heterocycles. The molecule has 0 aliphatic carbocycles. The van der Waals surface area contributed by atoms with Crippen molar-refractivity contribution in [2.45, 2.75) is 104 Å². The zero-order valence-electron chi connectivity index (χ0n) is 20.4. The van der Waals surface area contributed by atoms with E-state index in [1.807, 2.05) is 41.5 Å². The summed E-state index contributed by atoms with van der Waals surface area (Å²) >= 11 is 0. The van der Waals surface area contributed by atoms with Crippen molar-refractivity contribution < 1.29 is 31.7 Å². The molecule has 184 valence electrons. The largest absolute Gasteiger partial charge is 0.494 e. The van der Waals surface area contributed by atoms with Gasteiger partial charge in [0.25, 0.3) is 0 Å². The first-order chi connectivity index (χ1) is 15.3. The van der Waals surface area contributed by atoms with Crippen molar-refractivity contribution in [2.75, 3.05) is 0 Å². The van der Waals surface area contributed by atoms with Crippen LogP contribution in [0.5, 0.6) is 0 Å². The molecule has 0 N–H and O–H groups in total. The molecule has 1 aromatic rings. The van der Waals surface area contributed by atoms with E-state index >= 15 is 0 Å². The van der Waals surface area contributed by atoms with Crippen molar-refractivity contribution in [1.29, 1.82) is 0 Å². The third kappa shape index (κ3) is 6.47. The molecule has 1 aliphatic rings. The molecule has 0 amide bonds. The van der Waals surface area contributed by atoms with Gasteiger partial charge in [-0.25, -0.2) is 17.6 Å². The van der Waals surface area contributed by atoms with Gasteiger partial charge in [0.15, 0.2) is 5.78 Å². The predicted octanol–water partition coefficient (Wildman–Crippen LogP) is 6.75. The highest BCUT2D eigenvalue weighted by molar-refractivity contribution is 6.62. The number of ketones is 1. The maximum absolute atomic E-state index is 13.5. The molecule has 0 bridgehead atoms. The summed E-state index contributed by atoms with van der Waals surface area (Å²) in [6.07, 6.45) is -2.80. The maximum atomic E-state index is 13.5. The average Bonchev–Trinajstić information content (AvgIpc) is 2.96. The van der Waals surface area contributed by atoms with Gasteiger partial charge in [-0.1, -0.05) is 56.5 Å². The van der Waals surface area contributed by atoms with E-state index in [4.69, 9.17) is 9.31 Å². The molecular weight excluding hydrogens is 435 g/mol. The first kappa shape index (κ1) is 27.6. The number of benzene rings is 1. The van der Waals surface area contributed by atoms with E-state index in [0.29, 0.717) is 42.4 Å². The SMILES string of the molecule is CCC/C(CCC(F)(F)C(F)F)=C(\CCC)C(=O)c1ccc(B2OC(C)(C)C(C)(C)O2)cc1. The molecule has 0 aromatic heterocycles. The highest BCUT2D eigenvalue weighted by Gasteiger charge is 2.51. The van der Waals surface area contributed by atoms with Gasteiger partial charge < -0.3 is 9.31 Å². The molecule has 1 heterocycles. The molecule has 2 rings (SSSR count). The van der Waals surface area contributed by atoms with E-state index in [9.17, 15) is 22.4 Å². The second-order valence-corrected chi connectivity index (χ2v) is 9.68. The summed E-state index contributed by atoms with van der Waals surface area (Å²) in [5.41, 5.74) is 1.22.